The molecule has 1 amide bonds. The number of thiophene rings is 1. The maximum atomic E-state index is 12.3. The van der Waals surface area contributed by atoms with Gasteiger partial charge in [-0.3, -0.25) is 4.52 Å². The molecule has 7 nitrogen and oxygen atoms in total. The van der Waals surface area contributed by atoms with E-state index in [-0.39, 0.29) is 12.1 Å². The predicted molar refractivity (Wildman–Crippen MR) is 115 cm³/mol. The van der Waals surface area contributed by atoms with Crippen molar-refractivity contribution in [3.05, 3.63) is 53.4 Å². The minimum atomic E-state index is -0.549. The van der Waals surface area contributed by atoms with E-state index >= 15 is 0 Å². The zero-order valence-electron chi connectivity index (χ0n) is 17.2. The molecule has 1 atom stereocenters. The largest absolute Gasteiger partial charge is 0.426 e. The number of hydrogen-bond acceptors (Lipinski definition) is 7. The zero-order valence-corrected chi connectivity index (χ0v) is 18.0. The fourth-order valence-corrected chi connectivity index (χ4v) is 4.90. The van der Waals surface area contributed by atoms with E-state index in [2.05, 4.69) is 64.8 Å². The Hall–Kier alpha value is -2.71. The highest BCUT2D eigenvalue weighted by Gasteiger charge is 2.31. The Morgan fingerprint density at radius 2 is 1.93 bits per heavy atom. The van der Waals surface area contributed by atoms with Gasteiger partial charge in [-0.15, -0.1) is 11.3 Å². The van der Waals surface area contributed by atoms with Crippen molar-refractivity contribution in [3.8, 4) is 16.8 Å². The molecule has 3 aromatic rings. The molecule has 1 fully saturated rings. The van der Waals surface area contributed by atoms with Crippen molar-refractivity contribution in [2.45, 2.75) is 37.8 Å². The third kappa shape index (κ3) is 4.88. The molecule has 1 aliphatic carbocycles. The Morgan fingerprint density at radius 3 is 2.60 bits per heavy atom. The first kappa shape index (κ1) is 20.6. The molecule has 2 heterocycles. The van der Waals surface area contributed by atoms with Crippen LogP contribution in [0.5, 0.6) is 6.08 Å². The van der Waals surface area contributed by atoms with E-state index in [0.29, 0.717) is 17.8 Å². The second kappa shape index (κ2) is 9.40. The molecule has 4 rings (SSSR count). The number of rotatable bonds is 6. The van der Waals surface area contributed by atoms with E-state index in [1.807, 2.05) is 17.5 Å². The fourth-order valence-electron chi connectivity index (χ4n) is 4.25. The number of carbonyl (C=O) groups is 1. The third-order valence-electron chi connectivity index (χ3n) is 5.57. The molecule has 1 saturated carbocycles. The van der Waals surface area contributed by atoms with Gasteiger partial charge in [-0.2, -0.15) is 4.98 Å². The van der Waals surface area contributed by atoms with Crippen LogP contribution < -0.4 is 10.1 Å². The summed E-state index contributed by atoms with van der Waals surface area (Å²) in [5.41, 5.74) is 1.34. The van der Waals surface area contributed by atoms with Crippen molar-refractivity contribution in [2.75, 3.05) is 14.1 Å². The van der Waals surface area contributed by atoms with E-state index in [4.69, 9.17) is 9.26 Å². The Kier molecular flexibility index (Phi) is 6.44. The third-order valence-corrected chi connectivity index (χ3v) is 6.43. The van der Waals surface area contributed by atoms with Crippen LogP contribution in [0.15, 0.2) is 52.4 Å². The summed E-state index contributed by atoms with van der Waals surface area (Å²) in [6.45, 7) is 0. The maximum Gasteiger partial charge on any atom is 0.426 e. The minimum absolute atomic E-state index is 0.0898. The van der Waals surface area contributed by atoms with Crippen LogP contribution in [0.4, 0.5) is 4.79 Å². The van der Waals surface area contributed by atoms with Crippen molar-refractivity contribution in [2.24, 2.45) is 5.92 Å². The zero-order chi connectivity index (χ0) is 20.9. The lowest BCUT2D eigenvalue weighted by molar-refractivity contribution is 0.145. The van der Waals surface area contributed by atoms with Crippen LogP contribution >= 0.6 is 11.3 Å². The molecule has 8 heteroatoms. The number of ether oxygens (including phenoxy) is 1. The number of aromatic nitrogens is 2. The lowest BCUT2D eigenvalue weighted by Crippen LogP contribution is -2.41. The normalized spacial score (nSPS) is 20.1. The van der Waals surface area contributed by atoms with Crippen LogP contribution in [-0.2, 0) is 0 Å². The number of nitrogens with one attached hydrogen (secondary N) is 1. The molecule has 1 N–H and O–H groups in total. The second-order valence-electron chi connectivity index (χ2n) is 7.83. The molecule has 1 aliphatic rings. The van der Waals surface area contributed by atoms with Gasteiger partial charge in [-0.25, -0.2) is 4.79 Å². The topological polar surface area (TPSA) is 80.5 Å². The van der Waals surface area contributed by atoms with Crippen LogP contribution in [0.25, 0.3) is 10.7 Å². The molecule has 0 aliphatic heterocycles. The quantitative estimate of drug-likeness (QED) is 0.613. The van der Waals surface area contributed by atoms with Crippen LogP contribution in [0.3, 0.4) is 0 Å². The van der Waals surface area contributed by atoms with E-state index in [9.17, 15) is 4.79 Å². The van der Waals surface area contributed by atoms with Gasteiger partial charge in [0, 0.05) is 12.1 Å². The van der Waals surface area contributed by atoms with E-state index < -0.39 is 6.09 Å². The SMILES string of the molecule is CN(C)C(c1ccccc1)C1CCC(NC(=O)Oc2nc(-c3cccs3)no2)CC1. The Labute approximate surface area is 180 Å². The molecule has 0 bridgehead atoms. The van der Waals surface area contributed by atoms with E-state index in [0.717, 1.165) is 30.6 Å². The predicted octanol–water partition coefficient (Wildman–Crippen LogP) is 4.75. The average molecular weight is 427 g/mol. The standard InChI is InChI=1S/C22H26N4O3S/c1-26(2)19(15-7-4-3-5-8-15)16-10-12-17(13-11-16)23-21(27)28-22-24-20(25-29-22)18-9-6-14-30-18/h3-9,14,16-17,19H,10-13H2,1-2H3,(H,23,27). The number of benzene rings is 1. The summed E-state index contributed by atoms with van der Waals surface area (Å²) in [5.74, 6) is 0.977. The monoisotopic (exact) mass is 426 g/mol. The fraction of sp³-hybridized carbons (Fsp3) is 0.409. The van der Waals surface area contributed by atoms with Crippen molar-refractivity contribution in [3.63, 3.8) is 0 Å². The van der Waals surface area contributed by atoms with Gasteiger partial charge in [0.2, 0.25) is 5.82 Å². The summed E-state index contributed by atoms with van der Waals surface area (Å²) in [4.78, 5) is 19.5. The van der Waals surface area contributed by atoms with Crippen LogP contribution in [0.1, 0.15) is 37.3 Å². The summed E-state index contributed by atoms with van der Waals surface area (Å²) in [6, 6.07) is 14.9. The van der Waals surface area contributed by atoms with Crippen LogP contribution in [0, 0.1) is 5.92 Å². The molecule has 0 radical (unpaired) electrons. The summed E-state index contributed by atoms with van der Waals surface area (Å²) in [7, 11) is 4.27. The van der Waals surface area contributed by atoms with Gasteiger partial charge in [-0.1, -0.05) is 41.6 Å². The van der Waals surface area contributed by atoms with Gasteiger partial charge >= 0.3 is 12.2 Å². The van der Waals surface area contributed by atoms with Crippen molar-refractivity contribution in [1.82, 2.24) is 20.4 Å². The summed E-state index contributed by atoms with van der Waals surface area (Å²) in [5, 5.41) is 8.71. The summed E-state index contributed by atoms with van der Waals surface area (Å²) < 4.78 is 10.2. The Bertz CT molecular complexity index is 934. The first-order valence-corrected chi connectivity index (χ1v) is 11.1. The smallest absolute Gasteiger partial charge is 0.359 e. The minimum Gasteiger partial charge on any atom is -0.359 e. The molecule has 1 unspecified atom stereocenters. The second-order valence-corrected chi connectivity index (χ2v) is 8.77. The molecule has 158 valence electrons. The van der Waals surface area contributed by atoms with Gasteiger partial charge < -0.3 is 15.0 Å². The highest BCUT2D eigenvalue weighted by Crippen LogP contribution is 2.37. The summed E-state index contributed by atoms with van der Waals surface area (Å²) >= 11 is 1.49. The van der Waals surface area contributed by atoms with Gasteiger partial charge in [0.15, 0.2) is 0 Å². The highest BCUT2D eigenvalue weighted by atomic mass is 32.1. The van der Waals surface area contributed by atoms with Gasteiger partial charge in [-0.05, 0) is 62.7 Å². The lowest BCUT2D eigenvalue weighted by atomic mass is 9.79. The molecule has 0 saturated heterocycles. The number of amides is 1. The van der Waals surface area contributed by atoms with Gasteiger partial charge in [0.1, 0.15) is 0 Å². The molecule has 0 spiro atoms. The van der Waals surface area contributed by atoms with Crippen molar-refractivity contribution in [1.29, 1.82) is 0 Å². The summed E-state index contributed by atoms with van der Waals surface area (Å²) in [6.07, 6.45) is 3.24. The van der Waals surface area contributed by atoms with Crippen LogP contribution in [-0.4, -0.2) is 41.3 Å². The van der Waals surface area contributed by atoms with Crippen LogP contribution in [0.2, 0.25) is 0 Å². The van der Waals surface area contributed by atoms with Crippen molar-refractivity contribution < 1.29 is 14.1 Å². The molecular weight excluding hydrogens is 400 g/mol. The first-order chi connectivity index (χ1) is 14.6. The van der Waals surface area contributed by atoms with E-state index in [1.165, 1.54) is 16.9 Å². The molecule has 1 aromatic carbocycles. The number of hydrogen-bond donors (Lipinski definition) is 1. The number of carbonyl (C=O) groups excluding carboxylic acids is 1. The highest BCUT2D eigenvalue weighted by molar-refractivity contribution is 7.13. The van der Waals surface area contributed by atoms with Gasteiger partial charge in [0.25, 0.3) is 0 Å². The Balaban J connectivity index is 1.28. The lowest BCUT2D eigenvalue weighted by Gasteiger charge is -2.37. The van der Waals surface area contributed by atoms with E-state index in [1.54, 1.807) is 0 Å². The molecular formula is C22H26N4O3S. The van der Waals surface area contributed by atoms with Gasteiger partial charge in [0.05, 0.1) is 4.88 Å². The Morgan fingerprint density at radius 1 is 1.17 bits per heavy atom. The van der Waals surface area contributed by atoms with Crippen molar-refractivity contribution >= 4 is 17.4 Å². The first-order valence-electron chi connectivity index (χ1n) is 10.2. The average Bonchev–Trinajstić information content (AvgIpc) is 3.42. The number of nitrogens with zero attached hydrogens (tertiary/aromatic N) is 3. The maximum absolute atomic E-state index is 12.3. The molecule has 30 heavy (non-hydrogen) atoms. The molecule has 2 aromatic heterocycles.